The fourth-order valence-corrected chi connectivity index (χ4v) is 9.54. The minimum Gasteiger partial charge on any atom is -0.333 e. The molecule has 0 spiro atoms. The van der Waals surface area contributed by atoms with Gasteiger partial charge in [0.25, 0.3) is 0 Å². The number of benzene rings is 5. The molecule has 0 aliphatic rings. The van der Waals surface area contributed by atoms with Crippen molar-refractivity contribution in [2.75, 3.05) is 0 Å². The molecule has 5 aromatic carbocycles. The van der Waals surface area contributed by atoms with Crippen LogP contribution in [0.1, 0.15) is 45.7 Å². The number of aryl methyl sites for hydroxylation is 2. The fraction of sp³-hybridized carbons (Fsp3) is 0.180. The molecule has 9 rings (SSSR count). The zero-order valence-electron chi connectivity index (χ0n) is 39.0. The molecule has 8 heteroatoms. The van der Waals surface area contributed by atoms with E-state index < -0.39 is 21.8 Å². The van der Waals surface area contributed by atoms with Crippen molar-refractivity contribution in [1.82, 2.24) is 19.5 Å². The fourth-order valence-electron chi connectivity index (χ4n) is 7.05. The summed E-state index contributed by atoms with van der Waals surface area (Å²) >= 11 is 1.63. The predicted molar refractivity (Wildman–Crippen MR) is 241 cm³/mol. The van der Waals surface area contributed by atoms with Gasteiger partial charge in [-0.05, 0) is 81.7 Å². The van der Waals surface area contributed by atoms with E-state index in [9.17, 15) is 4.39 Å². The summed E-state index contributed by atoms with van der Waals surface area (Å²) in [6.45, 7) is 8.61. The second-order valence-corrected chi connectivity index (χ2v) is 22.2. The maximum Gasteiger partial charge on any atom is 0.114 e. The van der Waals surface area contributed by atoms with E-state index in [1.807, 2.05) is 48.7 Å². The van der Waals surface area contributed by atoms with Gasteiger partial charge in [0.15, 0.2) is 0 Å². The van der Waals surface area contributed by atoms with Crippen molar-refractivity contribution in [2.45, 2.75) is 59.5 Å². The molecular formula is C50H45FIrN4SSi-2. The number of fused-ring (bicyclic) bond motifs is 4. The minimum absolute atomic E-state index is 0. The van der Waals surface area contributed by atoms with Crippen molar-refractivity contribution >= 4 is 55.9 Å². The SMILES string of the molecule is [2H]C([2H])([2H])c1cc(-c2[c-]cc(F)cc2)ncc1[Si](C)(C)C.[2H]C([2H])([2H])c1ccc(-c2ccnc3sc4c(-c5nc6ccccc6n5-c5ccc(C(C)(C)C)cc5)[c-]ccc4c23)cc1.[Ir]. The summed E-state index contributed by atoms with van der Waals surface area (Å²) in [4.78, 5) is 15.1. The van der Waals surface area contributed by atoms with Gasteiger partial charge in [-0.2, -0.15) is 11.3 Å². The van der Waals surface area contributed by atoms with Gasteiger partial charge in [0.2, 0.25) is 0 Å². The Morgan fingerprint density at radius 3 is 2.31 bits per heavy atom. The van der Waals surface area contributed by atoms with Gasteiger partial charge < -0.3 is 9.55 Å². The largest absolute Gasteiger partial charge is 0.333 e. The molecule has 4 aromatic heterocycles. The van der Waals surface area contributed by atoms with E-state index in [0.29, 0.717) is 22.4 Å². The Kier molecular flexibility index (Phi) is 9.48. The first-order chi connectivity index (χ1) is 29.7. The zero-order chi connectivity index (χ0) is 45.1. The van der Waals surface area contributed by atoms with E-state index in [1.54, 1.807) is 41.8 Å². The van der Waals surface area contributed by atoms with Gasteiger partial charge in [-0.15, -0.1) is 48.0 Å². The van der Waals surface area contributed by atoms with Crippen LogP contribution in [0.2, 0.25) is 19.6 Å². The Morgan fingerprint density at radius 2 is 1.62 bits per heavy atom. The third kappa shape index (κ3) is 8.12. The number of hydrogen-bond donors (Lipinski definition) is 0. The Morgan fingerprint density at radius 1 is 0.845 bits per heavy atom. The summed E-state index contributed by atoms with van der Waals surface area (Å²) in [6, 6.07) is 42.1. The van der Waals surface area contributed by atoms with Gasteiger partial charge in [-0.3, -0.25) is 9.37 Å². The summed E-state index contributed by atoms with van der Waals surface area (Å²) < 4.78 is 62.7. The normalized spacial score (nSPS) is 13.7. The number of pyridine rings is 2. The number of rotatable bonds is 5. The Balaban J connectivity index is 0.000000236. The van der Waals surface area contributed by atoms with Crippen LogP contribution in [0.5, 0.6) is 0 Å². The number of para-hydroxylation sites is 2. The average molecular weight is 979 g/mol. The van der Waals surface area contributed by atoms with E-state index in [0.717, 1.165) is 64.7 Å². The molecule has 0 unspecified atom stereocenters. The van der Waals surface area contributed by atoms with Crippen LogP contribution in [0, 0.1) is 31.7 Å². The number of nitrogens with zero attached hydrogens (tertiary/aromatic N) is 4. The second-order valence-electron chi connectivity index (χ2n) is 16.2. The Bertz CT molecular complexity index is 3110. The van der Waals surface area contributed by atoms with Crippen molar-refractivity contribution in [2.24, 2.45) is 0 Å². The molecule has 0 saturated carbocycles. The number of hydrogen-bond acceptors (Lipinski definition) is 4. The van der Waals surface area contributed by atoms with E-state index in [2.05, 4.69) is 98.5 Å². The van der Waals surface area contributed by atoms with Crippen LogP contribution in [0.3, 0.4) is 0 Å². The predicted octanol–water partition coefficient (Wildman–Crippen LogP) is 13.1. The summed E-state index contributed by atoms with van der Waals surface area (Å²) in [5.74, 6) is 0.453. The first kappa shape index (κ1) is 33.8. The summed E-state index contributed by atoms with van der Waals surface area (Å²) in [7, 11) is -1.81. The van der Waals surface area contributed by atoms with E-state index in [4.69, 9.17) is 18.2 Å². The first-order valence-electron chi connectivity index (χ1n) is 21.8. The van der Waals surface area contributed by atoms with Gasteiger partial charge in [0.1, 0.15) is 4.83 Å². The summed E-state index contributed by atoms with van der Waals surface area (Å²) in [5.41, 5.74) is 9.01. The monoisotopic (exact) mass is 979 g/mol. The average Bonchev–Trinajstić information content (AvgIpc) is 3.82. The molecule has 0 N–H and O–H groups in total. The van der Waals surface area contributed by atoms with Crippen LogP contribution >= 0.6 is 11.3 Å². The van der Waals surface area contributed by atoms with Crippen LogP contribution in [0.4, 0.5) is 4.39 Å². The zero-order valence-corrected chi connectivity index (χ0v) is 37.2. The number of thiophene rings is 1. The molecular weight excluding hydrogens is 928 g/mol. The first-order valence-corrected chi connectivity index (χ1v) is 23.1. The molecule has 1 radical (unpaired) electrons. The van der Waals surface area contributed by atoms with Crippen molar-refractivity contribution < 1.29 is 32.7 Å². The molecule has 0 aliphatic carbocycles. The standard InChI is InChI=1S/C35H28N3S.C15H17FNSi.Ir/c1-22-12-14-23(15-13-22)26-20-21-36-34-31(26)27-8-7-9-28(32(27)39-34)33-37-29-10-5-6-11-30(29)38(33)25-18-16-24(17-19-25)35(2,3)4;1-11-9-14(12-5-7-13(16)8-6-12)17-10-15(11)18(2,3)4;/h5-8,10-21H,1-4H3;5,7-10H,1-4H3;/q2*-1;/i2*1D3;. The van der Waals surface area contributed by atoms with E-state index >= 15 is 0 Å². The molecule has 293 valence electrons. The Labute approximate surface area is 367 Å². The molecule has 0 amide bonds. The van der Waals surface area contributed by atoms with Gasteiger partial charge in [0, 0.05) is 57.6 Å². The molecule has 4 nitrogen and oxygen atoms in total. The maximum atomic E-state index is 13.0. The van der Waals surface area contributed by atoms with Crippen molar-refractivity contribution in [3.05, 3.63) is 162 Å². The molecule has 0 fully saturated rings. The smallest absolute Gasteiger partial charge is 0.114 e. The van der Waals surface area contributed by atoms with Crippen molar-refractivity contribution in [3.63, 3.8) is 0 Å². The van der Waals surface area contributed by atoms with Crippen LogP contribution in [0.15, 0.2) is 128 Å². The molecule has 0 atom stereocenters. The molecule has 9 aromatic rings. The Hall–Kier alpha value is -5.11. The minimum atomic E-state index is -2.19. The molecule has 4 heterocycles. The number of imidazole rings is 1. The second kappa shape index (κ2) is 16.3. The van der Waals surface area contributed by atoms with E-state index in [1.165, 1.54) is 17.7 Å². The third-order valence-corrected chi connectivity index (χ3v) is 13.2. The van der Waals surface area contributed by atoms with Gasteiger partial charge >= 0.3 is 0 Å². The summed E-state index contributed by atoms with van der Waals surface area (Å²) in [6.07, 6.45) is 3.47. The van der Waals surface area contributed by atoms with Crippen LogP contribution in [-0.2, 0) is 25.5 Å². The topological polar surface area (TPSA) is 43.6 Å². The molecule has 0 saturated heterocycles. The van der Waals surface area contributed by atoms with Gasteiger partial charge in [0.05, 0.1) is 24.9 Å². The van der Waals surface area contributed by atoms with Gasteiger partial charge in [-0.25, -0.2) is 4.98 Å². The number of halogens is 1. The maximum absolute atomic E-state index is 13.0. The summed E-state index contributed by atoms with van der Waals surface area (Å²) in [5, 5.41) is 2.95. The van der Waals surface area contributed by atoms with Gasteiger partial charge in [-0.1, -0.05) is 117 Å². The number of aromatic nitrogens is 4. The quantitative estimate of drug-likeness (QED) is 0.127. The van der Waals surface area contributed by atoms with Crippen LogP contribution in [0.25, 0.3) is 70.8 Å². The molecule has 0 bridgehead atoms. The van der Waals surface area contributed by atoms with Crippen LogP contribution < -0.4 is 5.19 Å². The van der Waals surface area contributed by atoms with E-state index in [-0.39, 0.29) is 31.3 Å². The van der Waals surface area contributed by atoms with Crippen molar-refractivity contribution in [3.8, 4) is 39.5 Å². The van der Waals surface area contributed by atoms with Crippen molar-refractivity contribution in [1.29, 1.82) is 0 Å². The molecule has 58 heavy (non-hydrogen) atoms. The third-order valence-electron chi connectivity index (χ3n) is 10.1. The van der Waals surface area contributed by atoms with Crippen LogP contribution in [-0.4, -0.2) is 27.6 Å². The molecule has 0 aliphatic heterocycles.